The lowest BCUT2D eigenvalue weighted by Crippen LogP contribution is -2.48. The van der Waals surface area contributed by atoms with Gasteiger partial charge in [0.15, 0.2) is 0 Å². The summed E-state index contributed by atoms with van der Waals surface area (Å²) in [6.07, 6.45) is 11.1. The lowest BCUT2D eigenvalue weighted by atomic mass is 9.48. The molecule has 4 bridgehead atoms. The molecular weight excluding hydrogens is 414 g/mol. The number of hydrogen-bond acceptors (Lipinski definition) is 4. The van der Waals surface area contributed by atoms with Crippen LogP contribution in [0.1, 0.15) is 56.1 Å². The van der Waals surface area contributed by atoms with Gasteiger partial charge in [-0.2, -0.15) is 0 Å². The highest BCUT2D eigenvalue weighted by molar-refractivity contribution is 5.86. The lowest BCUT2D eigenvalue weighted by molar-refractivity contribution is -0.131. The second kappa shape index (κ2) is 8.86. The van der Waals surface area contributed by atoms with Gasteiger partial charge in [-0.15, -0.1) is 0 Å². The summed E-state index contributed by atoms with van der Waals surface area (Å²) in [6, 6.07) is 11.7. The molecule has 5 nitrogen and oxygen atoms in total. The minimum Gasteiger partial charge on any atom is -0.508 e. The predicted octanol–water partition coefficient (Wildman–Crippen LogP) is 5.35. The second-order valence-corrected chi connectivity index (χ2v) is 10.3. The maximum Gasteiger partial charge on any atom is 0.328 e. The molecule has 4 fully saturated rings. The molecule has 0 radical (unpaired) electrons. The van der Waals surface area contributed by atoms with Crippen LogP contribution in [0.5, 0.6) is 11.5 Å². The van der Waals surface area contributed by atoms with Crippen LogP contribution in [0.15, 0.2) is 42.5 Å². The topological polar surface area (TPSA) is 92.8 Å². The summed E-state index contributed by atoms with van der Waals surface area (Å²) < 4.78 is 6.08. The summed E-state index contributed by atoms with van der Waals surface area (Å²) in [5.41, 5.74) is 9.58. The SMILES string of the molecule is NCCCOc1cc(/C=C/C(=O)O)ccc1-c1ccc(O)c(C23CC4CC(CC(C4)C2)C3)c1. The smallest absolute Gasteiger partial charge is 0.328 e. The maximum atomic E-state index is 10.9. The molecule has 2 aromatic carbocycles. The van der Waals surface area contributed by atoms with Crippen LogP contribution in [0, 0.1) is 17.8 Å². The molecule has 0 atom stereocenters. The Morgan fingerprint density at radius 1 is 1.06 bits per heavy atom. The first-order chi connectivity index (χ1) is 16.0. The fourth-order valence-electron chi connectivity index (χ4n) is 7.00. The van der Waals surface area contributed by atoms with Crippen LogP contribution >= 0.6 is 0 Å². The number of carbonyl (C=O) groups is 1. The molecule has 5 heteroatoms. The van der Waals surface area contributed by atoms with Crippen LogP contribution in [0.3, 0.4) is 0 Å². The Bertz CT molecular complexity index is 1040. The summed E-state index contributed by atoms with van der Waals surface area (Å²) in [5, 5.41) is 19.9. The van der Waals surface area contributed by atoms with Gasteiger partial charge in [-0.25, -0.2) is 4.79 Å². The van der Waals surface area contributed by atoms with Crippen LogP contribution in [0.2, 0.25) is 0 Å². The van der Waals surface area contributed by atoms with Gasteiger partial charge in [0, 0.05) is 17.2 Å². The quantitative estimate of drug-likeness (QED) is 0.375. The fraction of sp³-hybridized carbons (Fsp3) is 0.464. The van der Waals surface area contributed by atoms with E-state index < -0.39 is 5.97 Å². The summed E-state index contributed by atoms with van der Waals surface area (Å²) in [4.78, 5) is 10.9. The highest BCUT2D eigenvalue weighted by Crippen LogP contribution is 2.62. The predicted molar refractivity (Wildman–Crippen MR) is 129 cm³/mol. The third-order valence-corrected chi connectivity index (χ3v) is 7.95. The standard InChI is InChI=1S/C28H33NO4/c29-8-1-9-33-26-13-18(3-7-27(31)32)2-5-23(26)22-4-6-25(30)24(14-22)28-15-19-10-20(16-28)12-21(11-19)17-28/h2-7,13-14,19-21,30H,1,8-12,15-17,29H2,(H,31,32)/b7-3+. The molecule has 4 N–H and O–H groups in total. The molecule has 4 saturated carbocycles. The molecule has 0 aromatic heterocycles. The minimum atomic E-state index is -0.983. The Balaban J connectivity index is 1.52. The number of rotatable bonds is 8. The molecule has 4 aliphatic carbocycles. The number of phenolic OH excluding ortho intramolecular Hbond substituents is 1. The first kappa shape index (κ1) is 22.0. The van der Waals surface area contributed by atoms with E-state index in [1.54, 1.807) is 6.08 Å². The number of ether oxygens (including phenoxy) is 1. The molecule has 0 amide bonds. The monoisotopic (exact) mass is 447 g/mol. The zero-order valence-electron chi connectivity index (χ0n) is 19.0. The van der Waals surface area contributed by atoms with Crippen molar-refractivity contribution in [2.45, 2.75) is 50.4 Å². The Morgan fingerprint density at radius 3 is 2.39 bits per heavy atom. The fourth-order valence-corrected chi connectivity index (χ4v) is 7.00. The Morgan fingerprint density at radius 2 is 1.76 bits per heavy atom. The minimum absolute atomic E-state index is 0.0968. The van der Waals surface area contributed by atoms with Crippen molar-refractivity contribution in [2.75, 3.05) is 13.2 Å². The van der Waals surface area contributed by atoms with Crippen LogP contribution in [-0.2, 0) is 10.2 Å². The van der Waals surface area contributed by atoms with Crippen molar-refractivity contribution in [1.29, 1.82) is 0 Å². The van der Waals surface area contributed by atoms with E-state index in [1.807, 2.05) is 30.3 Å². The van der Waals surface area contributed by atoms with Crippen molar-refractivity contribution in [3.63, 3.8) is 0 Å². The van der Waals surface area contributed by atoms with E-state index in [0.717, 1.165) is 52.5 Å². The first-order valence-corrected chi connectivity index (χ1v) is 12.2. The second-order valence-electron chi connectivity index (χ2n) is 10.3. The van der Waals surface area contributed by atoms with E-state index in [-0.39, 0.29) is 5.41 Å². The van der Waals surface area contributed by atoms with Gasteiger partial charge in [-0.3, -0.25) is 0 Å². The molecule has 4 aliphatic rings. The van der Waals surface area contributed by atoms with Crippen molar-refractivity contribution in [1.82, 2.24) is 0 Å². The number of aromatic hydroxyl groups is 1. The largest absolute Gasteiger partial charge is 0.508 e. The Labute approximate surface area is 195 Å². The number of benzene rings is 2. The normalized spacial score (nSPS) is 27.8. The molecular formula is C28H33NO4. The van der Waals surface area contributed by atoms with Gasteiger partial charge in [0.25, 0.3) is 0 Å². The Kier molecular flexibility index (Phi) is 5.92. The zero-order chi connectivity index (χ0) is 23.0. The number of carboxylic acid groups (broad SMARTS) is 1. The van der Waals surface area contributed by atoms with Gasteiger partial charge in [0.05, 0.1) is 6.61 Å². The first-order valence-electron chi connectivity index (χ1n) is 12.2. The van der Waals surface area contributed by atoms with Crippen LogP contribution in [0.4, 0.5) is 0 Å². The molecule has 6 rings (SSSR count). The lowest BCUT2D eigenvalue weighted by Gasteiger charge is -2.57. The molecule has 0 spiro atoms. The third-order valence-electron chi connectivity index (χ3n) is 7.95. The van der Waals surface area contributed by atoms with Crippen LogP contribution < -0.4 is 10.5 Å². The van der Waals surface area contributed by atoms with E-state index in [0.29, 0.717) is 24.7 Å². The number of aliphatic carboxylic acids is 1. The average Bonchev–Trinajstić information content (AvgIpc) is 2.77. The van der Waals surface area contributed by atoms with E-state index in [1.165, 1.54) is 38.5 Å². The highest BCUT2D eigenvalue weighted by Gasteiger charge is 2.52. The number of phenols is 1. The van der Waals surface area contributed by atoms with Gasteiger partial charge < -0.3 is 20.7 Å². The van der Waals surface area contributed by atoms with Crippen molar-refractivity contribution in [3.8, 4) is 22.6 Å². The molecule has 174 valence electrons. The summed E-state index contributed by atoms with van der Waals surface area (Å²) in [5.74, 6) is 2.54. The van der Waals surface area contributed by atoms with Crippen molar-refractivity contribution in [3.05, 3.63) is 53.6 Å². The van der Waals surface area contributed by atoms with E-state index in [9.17, 15) is 9.90 Å². The van der Waals surface area contributed by atoms with Gasteiger partial charge in [0.2, 0.25) is 0 Å². The molecule has 0 unspecified atom stereocenters. The number of hydrogen-bond donors (Lipinski definition) is 3. The van der Waals surface area contributed by atoms with Crippen molar-refractivity contribution >= 4 is 12.0 Å². The van der Waals surface area contributed by atoms with Crippen molar-refractivity contribution < 1.29 is 19.7 Å². The third kappa shape index (κ3) is 4.39. The summed E-state index contributed by atoms with van der Waals surface area (Å²) in [7, 11) is 0. The molecule has 33 heavy (non-hydrogen) atoms. The summed E-state index contributed by atoms with van der Waals surface area (Å²) in [6.45, 7) is 1.04. The molecule has 0 aliphatic heterocycles. The highest BCUT2D eigenvalue weighted by atomic mass is 16.5. The van der Waals surface area contributed by atoms with Crippen LogP contribution in [-0.4, -0.2) is 29.3 Å². The van der Waals surface area contributed by atoms with Crippen LogP contribution in [0.25, 0.3) is 17.2 Å². The van der Waals surface area contributed by atoms with Gasteiger partial charge in [-0.05, 0) is 110 Å². The van der Waals surface area contributed by atoms with Gasteiger partial charge in [0.1, 0.15) is 11.5 Å². The van der Waals surface area contributed by atoms with Crippen molar-refractivity contribution in [2.24, 2.45) is 23.5 Å². The van der Waals surface area contributed by atoms with Gasteiger partial charge in [-0.1, -0.05) is 18.2 Å². The van der Waals surface area contributed by atoms with Gasteiger partial charge >= 0.3 is 5.97 Å². The zero-order valence-corrected chi connectivity index (χ0v) is 19.0. The summed E-state index contributed by atoms with van der Waals surface area (Å²) >= 11 is 0. The molecule has 0 saturated heterocycles. The van der Waals surface area contributed by atoms with E-state index >= 15 is 0 Å². The Hall–Kier alpha value is -2.79. The van der Waals surface area contributed by atoms with E-state index in [2.05, 4.69) is 6.07 Å². The molecule has 2 aromatic rings. The van der Waals surface area contributed by atoms with E-state index in [4.69, 9.17) is 15.6 Å². The molecule has 0 heterocycles. The number of carboxylic acids is 1. The maximum absolute atomic E-state index is 10.9. The average molecular weight is 448 g/mol. The number of nitrogens with two attached hydrogens (primary N) is 1.